The van der Waals surface area contributed by atoms with Gasteiger partial charge in [0.25, 0.3) is 11.7 Å². The maximum atomic E-state index is 14.1. The normalized spacial score (nSPS) is 21.5. The van der Waals surface area contributed by atoms with Crippen molar-refractivity contribution in [3.05, 3.63) is 58.2 Å². The maximum Gasteiger partial charge on any atom is 0.295 e. The standard InChI is InChI=1S/C23H27FN4O4/c1-14-18(15(2)26-25-14)21(29)19-20(16-5-3-6-17(24)13-16)28(23(31)22(19)30)8-4-7-27-9-11-32-12-10-27/h3,5-6,13,20,29H,4,7-12H2,1-2H3,(H,25,26)/t20-/m0/s1. The molecule has 1 atom stereocenters. The molecule has 4 rings (SSSR count). The molecule has 3 heterocycles. The lowest BCUT2D eigenvalue weighted by molar-refractivity contribution is -0.140. The zero-order chi connectivity index (χ0) is 22.8. The number of rotatable bonds is 6. The molecule has 9 heteroatoms. The Bertz CT molecular complexity index is 1040. The molecule has 2 aliphatic heterocycles. The summed E-state index contributed by atoms with van der Waals surface area (Å²) < 4.78 is 19.4. The van der Waals surface area contributed by atoms with Crippen molar-refractivity contribution in [2.75, 3.05) is 39.4 Å². The fourth-order valence-electron chi connectivity index (χ4n) is 4.46. The molecular formula is C23H27FN4O4. The number of H-pyrrole nitrogens is 1. The quantitative estimate of drug-likeness (QED) is 0.405. The summed E-state index contributed by atoms with van der Waals surface area (Å²) in [6.07, 6.45) is 0.642. The Morgan fingerprint density at radius 3 is 2.66 bits per heavy atom. The van der Waals surface area contributed by atoms with Crippen LogP contribution in [-0.4, -0.2) is 76.2 Å². The number of benzene rings is 1. The molecule has 32 heavy (non-hydrogen) atoms. The van der Waals surface area contributed by atoms with Crippen LogP contribution in [0.5, 0.6) is 0 Å². The Labute approximate surface area is 185 Å². The van der Waals surface area contributed by atoms with E-state index in [4.69, 9.17) is 4.74 Å². The molecule has 2 saturated heterocycles. The van der Waals surface area contributed by atoms with Crippen LogP contribution in [0, 0.1) is 19.7 Å². The molecule has 0 saturated carbocycles. The van der Waals surface area contributed by atoms with Crippen molar-refractivity contribution in [2.24, 2.45) is 0 Å². The first-order chi connectivity index (χ1) is 15.4. The minimum Gasteiger partial charge on any atom is -0.507 e. The highest BCUT2D eigenvalue weighted by atomic mass is 19.1. The number of aromatic nitrogens is 2. The van der Waals surface area contributed by atoms with Gasteiger partial charge in [-0.05, 0) is 38.0 Å². The first-order valence-electron chi connectivity index (χ1n) is 10.7. The number of halogens is 1. The molecule has 0 radical (unpaired) electrons. The number of carbonyl (C=O) groups excluding carboxylic acids is 2. The molecular weight excluding hydrogens is 415 g/mol. The number of aliphatic hydroxyl groups is 1. The molecule has 2 aliphatic rings. The van der Waals surface area contributed by atoms with Crippen LogP contribution in [-0.2, 0) is 14.3 Å². The summed E-state index contributed by atoms with van der Waals surface area (Å²) in [6.45, 7) is 7.50. The third kappa shape index (κ3) is 4.18. The Hall–Kier alpha value is -3.04. The van der Waals surface area contributed by atoms with Crippen molar-refractivity contribution in [2.45, 2.75) is 26.3 Å². The number of aromatic amines is 1. The summed E-state index contributed by atoms with van der Waals surface area (Å²) in [5.74, 6) is -2.24. The lowest BCUT2D eigenvalue weighted by Gasteiger charge is -2.29. The number of carbonyl (C=O) groups is 2. The average molecular weight is 442 g/mol. The molecule has 1 aromatic heterocycles. The number of ketones is 1. The van der Waals surface area contributed by atoms with Gasteiger partial charge in [0.2, 0.25) is 0 Å². The van der Waals surface area contributed by atoms with Crippen molar-refractivity contribution >= 4 is 17.4 Å². The highest BCUT2D eigenvalue weighted by molar-refractivity contribution is 6.46. The van der Waals surface area contributed by atoms with Gasteiger partial charge in [-0.15, -0.1) is 0 Å². The average Bonchev–Trinajstić information content (AvgIpc) is 3.24. The van der Waals surface area contributed by atoms with E-state index in [9.17, 15) is 19.1 Å². The number of aryl methyl sites for hydroxylation is 2. The van der Waals surface area contributed by atoms with E-state index < -0.39 is 23.5 Å². The predicted octanol–water partition coefficient (Wildman–Crippen LogP) is 2.31. The smallest absolute Gasteiger partial charge is 0.295 e. The molecule has 0 spiro atoms. The largest absolute Gasteiger partial charge is 0.507 e. The van der Waals surface area contributed by atoms with E-state index >= 15 is 0 Å². The van der Waals surface area contributed by atoms with Gasteiger partial charge in [0, 0.05) is 31.9 Å². The molecule has 0 unspecified atom stereocenters. The summed E-state index contributed by atoms with van der Waals surface area (Å²) in [4.78, 5) is 29.7. The molecule has 1 amide bonds. The van der Waals surface area contributed by atoms with Gasteiger partial charge >= 0.3 is 0 Å². The minimum atomic E-state index is -0.871. The van der Waals surface area contributed by atoms with Crippen molar-refractivity contribution in [3.63, 3.8) is 0 Å². The Morgan fingerprint density at radius 1 is 1.25 bits per heavy atom. The number of likely N-dealkylation sites (tertiary alicyclic amines) is 1. The van der Waals surface area contributed by atoms with E-state index in [-0.39, 0.29) is 11.3 Å². The lowest BCUT2D eigenvalue weighted by atomic mass is 9.94. The first-order valence-corrected chi connectivity index (χ1v) is 10.7. The van der Waals surface area contributed by atoms with Gasteiger partial charge in [0.15, 0.2) is 0 Å². The third-order valence-corrected chi connectivity index (χ3v) is 6.05. The second kappa shape index (κ2) is 9.22. The second-order valence-corrected chi connectivity index (χ2v) is 8.16. The van der Waals surface area contributed by atoms with Gasteiger partial charge in [-0.1, -0.05) is 12.1 Å². The van der Waals surface area contributed by atoms with Gasteiger partial charge in [0.1, 0.15) is 11.6 Å². The monoisotopic (exact) mass is 442 g/mol. The number of ether oxygens (including phenoxy) is 1. The number of Topliss-reactive ketones (excluding diaryl/α,β-unsaturated/α-hetero) is 1. The number of aliphatic hydroxyl groups excluding tert-OH is 1. The van der Waals surface area contributed by atoms with Crippen molar-refractivity contribution in [3.8, 4) is 0 Å². The van der Waals surface area contributed by atoms with Crippen LogP contribution < -0.4 is 0 Å². The molecule has 2 aromatic rings. The van der Waals surface area contributed by atoms with Crippen molar-refractivity contribution in [1.29, 1.82) is 0 Å². The van der Waals surface area contributed by atoms with Crippen molar-refractivity contribution < 1.29 is 23.8 Å². The minimum absolute atomic E-state index is 0.0421. The van der Waals surface area contributed by atoms with E-state index in [0.717, 1.165) is 19.6 Å². The van der Waals surface area contributed by atoms with Crippen LogP contribution in [0.2, 0.25) is 0 Å². The summed E-state index contributed by atoms with van der Waals surface area (Å²) in [5.41, 5.74) is 1.88. The zero-order valence-corrected chi connectivity index (χ0v) is 18.2. The molecule has 0 aliphatic carbocycles. The van der Waals surface area contributed by atoms with Crippen LogP contribution >= 0.6 is 0 Å². The maximum absolute atomic E-state index is 14.1. The molecule has 8 nitrogen and oxygen atoms in total. The van der Waals surface area contributed by atoms with Crippen molar-refractivity contribution in [1.82, 2.24) is 20.0 Å². The summed E-state index contributed by atoms with van der Waals surface area (Å²) in [7, 11) is 0. The summed E-state index contributed by atoms with van der Waals surface area (Å²) in [6, 6.07) is 4.93. The van der Waals surface area contributed by atoms with E-state index in [0.29, 0.717) is 48.7 Å². The fourth-order valence-corrected chi connectivity index (χ4v) is 4.46. The Kier molecular flexibility index (Phi) is 6.38. The van der Waals surface area contributed by atoms with E-state index in [2.05, 4.69) is 15.1 Å². The van der Waals surface area contributed by atoms with Crippen LogP contribution in [0.4, 0.5) is 4.39 Å². The van der Waals surface area contributed by atoms with E-state index in [1.54, 1.807) is 19.9 Å². The van der Waals surface area contributed by atoms with Gasteiger partial charge in [-0.3, -0.25) is 19.6 Å². The fraction of sp³-hybridized carbons (Fsp3) is 0.435. The third-order valence-electron chi connectivity index (χ3n) is 6.05. The zero-order valence-electron chi connectivity index (χ0n) is 18.2. The topological polar surface area (TPSA) is 98.8 Å². The number of nitrogens with zero attached hydrogens (tertiary/aromatic N) is 3. The van der Waals surface area contributed by atoms with Crippen LogP contribution in [0.1, 0.15) is 35.0 Å². The summed E-state index contributed by atoms with van der Waals surface area (Å²) in [5, 5.41) is 18.0. The SMILES string of the molecule is Cc1n[nH]c(C)c1C(O)=C1C(=O)C(=O)N(CCCN2CCOCC2)[C@H]1c1cccc(F)c1. The Morgan fingerprint density at radius 2 is 2.00 bits per heavy atom. The molecule has 1 aromatic carbocycles. The number of hydrogen-bond acceptors (Lipinski definition) is 6. The molecule has 170 valence electrons. The van der Waals surface area contributed by atoms with Crippen LogP contribution in [0.15, 0.2) is 29.8 Å². The van der Waals surface area contributed by atoms with Crippen LogP contribution in [0.25, 0.3) is 5.76 Å². The highest BCUT2D eigenvalue weighted by Crippen LogP contribution is 2.40. The highest BCUT2D eigenvalue weighted by Gasteiger charge is 2.46. The first kappa shape index (κ1) is 22.2. The van der Waals surface area contributed by atoms with Gasteiger partial charge in [0.05, 0.1) is 36.1 Å². The second-order valence-electron chi connectivity index (χ2n) is 8.16. The molecule has 2 fully saturated rings. The summed E-state index contributed by atoms with van der Waals surface area (Å²) >= 11 is 0. The van der Waals surface area contributed by atoms with E-state index in [1.807, 2.05) is 0 Å². The molecule has 0 bridgehead atoms. The van der Waals surface area contributed by atoms with Crippen LogP contribution in [0.3, 0.4) is 0 Å². The van der Waals surface area contributed by atoms with Gasteiger partial charge < -0.3 is 14.7 Å². The predicted molar refractivity (Wildman–Crippen MR) is 115 cm³/mol. The number of hydrogen-bond donors (Lipinski definition) is 2. The Balaban J connectivity index is 1.70. The number of amides is 1. The molecule has 2 N–H and O–H groups in total. The number of morpholine rings is 1. The van der Waals surface area contributed by atoms with Gasteiger partial charge in [-0.25, -0.2) is 4.39 Å². The lowest BCUT2D eigenvalue weighted by Crippen LogP contribution is -2.39. The van der Waals surface area contributed by atoms with Gasteiger partial charge in [-0.2, -0.15) is 5.10 Å². The number of nitrogens with one attached hydrogen (secondary N) is 1. The van der Waals surface area contributed by atoms with E-state index in [1.165, 1.54) is 23.1 Å².